The first-order valence-electron chi connectivity index (χ1n) is 7.44. The zero-order valence-corrected chi connectivity index (χ0v) is 13.1. The third kappa shape index (κ3) is 2.22. The Hall–Kier alpha value is -2.14. The lowest BCUT2D eigenvalue weighted by Gasteiger charge is -2.06. The average Bonchev–Trinajstić information content (AvgIpc) is 3.08. The molecule has 2 heterocycles. The van der Waals surface area contributed by atoms with Crippen molar-refractivity contribution in [2.24, 2.45) is 0 Å². The third-order valence-corrected chi connectivity index (χ3v) is 5.24. The number of methoxy groups -OCH3 is 1. The van der Waals surface area contributed by atoms with Gasteiger partial charge in [-0.15, -0.1) is 11.3 Å². The molecule has 1 aliphatic carbocycles. The van der Waals surface area contributed by atoms with Gasteiger partial charge < -0.3 is 10.1 Å². The summed E-state index contributed by atoms with van der Waals surface area (Å²) in [5, 5.41) is 3.82. The minimum Gasteiger partial charge on any atom is -0.497 e. The molecule has 112 valence electrons. The Morgan fingerprint density at radius 2 is 2.18 bits per heavy atom. The van der Waals surface area contributed by atoms with Crippen LogP contribution >= 0.6 is 11.3 Å². The van der Waals surface area contributed by atoms with Gasteiger partial charge in [0.2, 0.25) is 0 Å². The Morgan fingerprint density at radius 1 is 1.32 bits per heavy atom. The van der Waals surface area contributed by atoms with E-state index in [0.717, 1.165) is 34.8 Å². The van der Waals surface area contributed by atoms with E-state index in [1.165, 1.54) is 23.4 Å². The van der Waals surface area contributed by atoms with Crippen molar-refractivity contribution in [3.8, 4) is 5.75 Å². The first kappa shape index (κ1) is 13.5. The van der Waals surface area contributed by atoms with Gasteiger partial charge in [-0.1, -0.05) is 0 Å². The van der Waals surface area contributed by atoms with Crippen LogP contribution in [0.5, 0.6) is 5.75 Å². The van der Waals surface area contributed by atoms with Crippen LogP contribution in [0.25, 0.3) is 11.6 Å². The molecule has 0 saturated heterocycles. The smallest absolute Gasteiger partial charge is 0.256 e. The molecule has 0 atom stereocenters. The van der Waals surface area contributed by atoms with Gasteiger partial charge >= 0.3 is 0 Å². The van der Waals surface area contributed by atoms with Crippen LogP contribution in [0.2, 0.25) is 0 Å². The number of fused-ring (bicyclic) bond motifs is 2. The van der Waals surface area contributed by atoms with Gasteiger partial charge in [0.1, 0.15) is 10.8 Å². The molecule has 22 heavy (non-hydrogen) atoms. The van der Waals surface area contributed by atoms with Crippen LogP contribution < -0.4 is 10.1 Å². The summed E-state index contributed by atoms with van der Waals surface area (Å²) in [7, 11) is 1.63. The second-order valence-electron chi connectivity index (χ2n) is 5.55. The zero-order valence-electron chi connectivity index (χ0n) is 12.3. The van der Waals surface area contributed by atoms with Gasteiger partial charge in [0.15, 0.2) is 0 Å². The number of nitrogens with one attached hydrogen (secondary N) is 1. The molecule has 4 nitrogen and oxygen atoms in total. The van der Waals surface area contributed by atoms with Crippen LogP contribution in [0, 0.1) is 0 Å². The number of thiazole rings is 1. The summed E-state index contributed by atoms with van der Waals surface area (Å²) < 4.78 is 5.26. The zero-order chi connectivity index (χ0) is 15.1. The quantitative estimate of drug-likeness (QED) is 0.863. The molecule has 0 bridgehead atoms. The minimum atomic E-state index is -0.0728. The molecule has 1 aromatic carbocycles. The summed E-state index contributed by atoms with van der Waals surface area (Å²) in [5.74, 6) is 0.677. The van der Waals surface area contributed by atoms with Crippen molar-refractivity contribution in [2.45, 2.75) is 25.7 Å². The standard InChI is InChI=1S/C17H16N2O2S/c1-21-10-6-7-13-11(8-10)12(17(20)19-13)9-16-18-14-4-2-3-5-15(14)22-16/h6-9H,2-5H2,1H3,(H,19,20). The summed E-state index contributed by atoms with van der Waals surface area (Å²) in [6, 6.07) is 5.62. The number of benzene rings is 1. The molecule has 0 radical (unpaired) electrons. The number of amides is 1. The molecule has 5 heteroatoms. The van der Waals surface area contributed by atoms with E-state index >= 15 is 0 Å². The van der Waals surface area contributed by atoms with E-state index in [-0.39, 0.29) is 5.91 Å². The summed E-state index contributed by atoms with van der Waals surface area (Å²) in [4.78, 5) is 18.3. The highest BCUT2D eigenvalue weighted by Crippen LogP contribution is 2.37. The van der Waals surface area contributed by atoms with Crippen molar-refractivity contribution in [1.29, 1.82) is 0 Å². The van der Waals surface area contributed by atoms with Gasteiger partial charge in [-0.2, -0.15) is 0 Å². The van der Waals surface area contributed by atoms with E-state index < -0.39 is 0 Å². The lowest BCUT2D eigenvalue weighted by Crippen LogP contribution is -2.03. The summed E-state index contributed by atoms with van der Waals surface area (Å²) >= 11 is 1.71. The molecule has 1 amide bonds. The lowest BCUT2D eigenvalue weighted by molar-refractivity contribution is -0.110. The predicted molar refractivity (Wildman–Crippen MR) is 88.3 cm³/mol. The number of nitrogens with zero attached hydrogens (tertiary/aromatic N) is 1. The molecular weight excluding hydrogens is 296 g/mol. The molecule has 0 saturated carbocycles. The number of aromatic nitrogens is 1. The van der Waals surface area contributed by atoms with Crippen LogP contribution in [-0.2, 0) is 17.6 Å². The van der Waals surface area contributed by atoms with Gasteiger partial charge in [0, 0.05) is 16.1 Å². The topological polar surface area (TPSA) is 51.2 Å². The van der Waals surface area contributed by atoms with Crippen LogP contribution in [-0.4, -0.2) is 18.0 Å². The number of aryl methyl sites for hydroxylation is 2. The van der Waals surface area contributed by atoms with Gasteiger partial charge in [-0.25, -0.2) is 4.98 Å². The normalized spacial score (nSPS) is 18.0. The highest BCUT2D eigenvalue weighted by Gasteiger charge is 2.25. The number of carbonyl (C=O) groups excluding carboxylic acids is 1. The number of hydrogen-bond donors (Lipinski definition) is 1. The first-order chi connectivity index (χ1) is 10.7. The molecule has 0 fully saturated rings. The first-order valence-corrected chi connectivity index (χ1v) is 8.26. The number of ether oxygens (including phenoxy) is 1. The Bertz CT molecular complexity index is 768. The molecule has 1 aliphatic heterocycles. The van der Waals surface area contributed by atoms with Crippen molar-refractivity contribution in [2.75, 3.05) is 12.4 Å². The Balaban J connectivity index is 1.76. The second kappa shape index (κ2) is 5.25. The number of anilines is 1. The Morgan fingerprint density at radius 3 is 3.00 bits per heavy atom. The molecule has 2 aliphatic rings. The molecular formula is C17H16N2O2S. The van der Waals surface area contributed by atoms with Crippen LogP contribution in [0.1, 0.15) is 34.0 Å². The summed E-state index contributed by atoms with van der Waals surface area (Å²) in [6.07, 6.45) is 6.54. The van der Waals surface area contributed by atoms with Crippen molar-refractivity contribution < 1.29 is 9.53 Å². The van der Waals surface area contributed by atoms with Crippen molar-refractivity contribution in [3.63, 3.8) is 0 Å². The maximum atomic E-state index is 12.2. The SMILES string of the molecule is COc1ccc2c(c1)C(=Cc1nc3c(s1)CCCC3)C(=O)N2. The monoisotopic (exact) mass is 312 g/mol. The largest absolute Gasteiger partial charge is 0.497 e. The molecule has 4 rings (SSSR count). The Labute approximate surface area is 132 Å². The fourth-order valence-corrected chi connectivity index (χ4v) is 4.09. The van der Waals surface area contributed by atoms with Crippen LogP contribution in [0.15, 0.2) is 18.2 Å². The Kier molecular flexibility index (Phi) is 3.22. The average molecular weight is 312 g/mol. The number of hydrogen-bond acceptors (Lipinski definition) is 4. The molecule has 2 aromatic rings. The van der Waals surface area contributed by atoms with Gasteiger partial charge in [-0.3, -0.25) is 4.79 Å². The minimum absolute atomic E-state index is 0.0728. The maximum Gasteiger partial charge on any atom is 0.256 e. The van der Waals surface area contributed by atoms with Crippen LogP contribution in [0.3, 0.4) is 0 Å². The van der Waals surface area contributed by atoms with E-state index in [1.54, 1.807) is 18.4 Å². The molecule has 0 spiro atoms. The molecule has 0 unspecified atom stereocenters. The highest BCUT2D eigenvalue weighted by molar-refractivity contribution is 7.12. The van der Waals surface area contributed by atoms with E-state index in [4.69, 9.17) is 9.72 Å². The second-order valence-corrected chi connectivity index (χ2v) is 6.67. The lowest BCUT2D eigenvalue weighted by atomic mass is 10.0. The highest BCUT2D eigenvalue weighted by atomic mass is 32.1. The number of carbonyl (C=O) groups is 1. The van der Waals surface area contributed by atoms with E-state index in [1.807, 2.05) is 24.3 Å². The van der Waals surface area contributed by atoms with E-state index in [0.29, 0.717) is 5.57 Å². The molecule has 1 N–H and O–H groups in total. The maximum absolute atomic E-state index is 12.2. The van der Waals surface area contributed by atoms with E-state index in [2.05, 4.69) is 5.32 Å². The van der Waals surface area contributed by atoms with E-state index in [9.17, 15) is 4.79 Å². The van der Waals surface area contributed by atoms with Crippen molar-refractivity contribution >= 4 is 34.6 Å². The fourth-order valence-electron chi connectivity index (χ4n) is 2.99. The van der Waals surface area contributed by atoms with Crippen molar-refractivity contribution in [3.05, 3.63) is 39.3 Å². The van der Waals surface area contributed by atoms with Gasteiger partial charge in [0.05, 0.1) is 18.4 Å². The van der Waals surface area contributed by atoms with Crippen LogP contribution in [0.4, 0.5) is 5.69 Å². The van der Waals surface area contributed by atoms with Gasteiger partial charge in [-0.05, 0) is 50.0 Å². The van der Waals surface area contributed by atoms with Gasteiger partial charge in [0.25, 0.3) is 5.91 Å². The van der Waals surface area contributed by atoms with Crippen molar-refractivity contribution in [1.82, 2.24) is 4.98 Å². The fraction of sp³-hybridized carbons (Fsp3) is 0.294. The predicted octanol–water partition coefficient (Wildman–Crippen LogP) is 3.52. The number of rotatable bonds is 2. The summed E-state index contributed by atoms with van der Waals surface area (Å²) in [6.45, 7) is 0. The molecule has 1 aromatic heterocycles. The third-order valence-electron chi connectivity index (χ3n) is 4.14. The summed E-state index contributed by atoms with van der Waals surface area (Å²) in [5.41, 5.74) is 3.60.